The minimum atomic E-state index is 0.524. The van der Waals surface area contributed by atoms with Gasteiger partial charge in [-0.3, -0.25) is 4.90 Å². The normalized spacial score (nSPS) is 15.1. The molecule has 1 fully saturated rings. The van der Waals surface area contributed by atoms with Gasteiger partial charge < -0.3 is 5.32 Å². The van der Waals surface area contributed by atoms with Crippen molar-refractivity contribution in [1.82, 2.24) is 10.2 Å². The standard InChI is InChI=1S/C17H25BrN2/c1-4-9-20(13(2)3)12-15-6-5-14(10-17(15)18)11-19-16-7-8-16/h4-6,10,13,16,19H,1,7-9,11-12H2,2-3H3. The molecule has 0 radical (unpaired) electrons. The van der Waals surface area contributed by atoms with Gasteiger partial charge in [0, 0.05) is 36.2 Å². The Bertz CT molecular complexity index is 452. The van der Waals surface area contributed by atoms with Gasteiger partial charge in [-0.25, -0.2) is 0 Å². The topological polar surface area (TPSA) is 15.3 Å². The van der Waals surface area contributed by atoms with E-state index in [2.05, 4.69) is 64.8 Å². The van der Waals surface area contributed by atoms with Gasteiger partial charge in [0.1, 0.15) is 0 Å². The van der Waals surface area contributed by atoms with Crippen LogP contribution in [0.4, 0.5) is 0 Å². The highest BCUT2D eigenvalue weighted by Crippen LogP contribution is 2.23. The zero-order valence-corrected chi connectivity index (χ0v) is 14.1. The molecule has 0 aromatic heterocycles. The van der Waals surface area contributed by atoms with Crippen molar-refractivity contribution in [2.45, 2.75) is 51.9 Å². The number of nitrogens with one attached hydrogen (secondary N) is 1. The highest BCUT2D eigenvalue weighted by atomic mass is 79.9. The molecule has 20 heavy (non-hydrogen) atoms. The Morgan fingerprint density at radius 1 is 1.45 bits per heavy atom. The summed E-state index contributed by atoms with van der Waals surface area (Å²) >= 11 is 3.72. The van der Waals surface area contributed by atoms with E-state index in [-0.39, 0.29) is 0 Å². The first-order valence-electron chi connectivity index (χ1n) is 7.45. The monoisotopic (exact) mass is 336 g/mol. The van der Waals surface area contributed by atoms with Crippen LogP contribution in [0.2, 0.25) is 0 Å². The SMILES string of the molecule is C=CCN(Cc1ccc(CNC2CC2)cc1Br)C(C)C. The third-order valence-electron chi connectivity index (χ3n) is 3.76. The molecule has 0 bridgehead atoms. The maximum Gasteiger partial charge on any atom is 0.0250 e. The van der Waals surface area contributed by atoms with Gasteiger partial charge in [0.05, 0.1) is 0 Å². The third-order valence-corrected chi connectivity index (χ3v) is 4.50. The number of rotatable bonds is 8. The van der Waals surface area contributed by atoms with E-state index in [1.165, 1.54) is 28.4 Å². The molecule has 110 valence electrons. The lowest BCUT2D eigenvalue weighted by molar-refractivity contribution is 0.237. The Hall–Kier alpha value is -0.640. The summed E-state index contributed by atoms with van der Waals surface area (Å²) in [6, 6.07) is 8.01. The maximum atomic E-state index is 3.85. The zero-order chi connectivity index (χ0) is 14.5. The molecule has 2 rings (SSSR count). The largest absolute Gasteiger partial charge is 0.310 e. The molecule has 1 aromatic carbocycles. The minimum absolute atomic E-state index is 0.524. The molecule has 2 nitrogen and oxygen atoms in total. The van der Waals surface area contributed by atoms with Gasteiger partial charge in [0.25, 0.3) is 0 Å². The van der Waals surface area contributed by atoms with E-state index < -0.39 is 0 Å². The molecular formula is C17H25BrN2. The Labute approximate surface area is 131 Å². The molecule has 1 saturated carbocycles. The van der Waals surface area contributed by atoms with Crippen molar-refractivity contribution in [2.75, 3.05) is 6.54 Å². The molecule has 3 heteroatoms. The van der Waals surface area contributed by atoms with Gasteiger partial charge in [-0.05, 0) is 43.9 Å². The van der Waals surface area contributed by atoms with Crippen LogP contribution >= 0.6 is 15.9 Å². The average Bonchev–Trinajstić information content (AvgIpc) is 3.22. The summed E-state index contributed by atoms with van der Waals surface area (Å²) in [5.74, 6) is 0. The third kappa shape index (κ3) is 4.72. The molecule has 0 saturated heterocycles. The summed E-state index contributed by atoms with van der Waals surface area (Å²) in [5.41, 5.74) is 2.70. The van der Waals surface area contributed by atoms with Crippen molar-refractivity contribution >= 4 is 15.9 Å². The van der Waals surface area contributed by atoms with E-state index in [0.717, 1.165) is 25.7 Å². The first kappa shape index (κ1) is 15.7. The molecular weight excluding hydrogens is 312 g/mol. The maximum absolute atomic E-state index is 3.85. The summed E-state index contributed by atoms with van der Waals surface area (Å²) in [6.07, 6.45) is 4.65. The van der Waals surface area contributed by atoms with E-state index in [1.54, 1.807) is 0 Å². The lowest BCUT2D eigenvalue weighted by atomic mass is 10.1. The van der Waals surface area contributed by atoms with Gasteiger partial charge in [-0.1, -0.05) is 34.1 Å². The Balaban J connectivity index is 1.98. The highest BCUT2D eigenvalue weighted by molar-refractivity contribution is 9.10. The smallest absolute Gasteiger partial charge is 0.0250 e. The van der Waals surface area contributed by atoms with E-state index >= 15 is 0 Å². The zero-order valence-electron chi connectivity index (χ0n) is 12.5. The average molecular weight is 337 g/mol. The predicted octanol–water partition coefficient (Wildman–Crippen LogP) is 4.10. The summed E-state index contributed by atoms with van der Waals surface area (Å²) in [6.45, 7) is 11.2. The van der Waals surface area contributed by atoms with Crippen molar-refractivity contribution in [3.8, 4) is 0 Å². The lowest BCUT2D eigenvalue weighted by Gasteiger charge is -2.25. The molecule has 0 spiro atoms. The fourth-order valence-electron chi connectivity index (χ4n) is 2.22. The van der Waals surface area contributed by atoms with Crippen LogP contribution in [0.1, 0.15) is 37.8 Å². The second-order valence-electron chi connectivity index (χ2n) is 5.89. The quantitative estimate of drug-likeness (QED) is 0.719. The van der Waals surface area contributed by atoms with E-state index in [4.69, 9.17) is 0 Å². The summed E-state index contributed by atoms with van der Waals surface area (Å²) in [5, 5.41) is 3.55. The first-order chi connectivity index (χ1) is 9.60. The van der Waals surface area contributed by atoms with Gasteiger partial charge in [0.15, 0.2) is 0 Å². The number of hydrogen-bond acceptors (Lipinski definition) is 2. The number of benzene rings is 1. The molecule has 1 aromatic rings. The second kappa shape index (κ2) is 7.39. The van der Waals surface area contributed by atoms with Crippen LogP contribution in [0.5, 0.6) is 0 Å². The number of hydrogen-bond donors (Lipinski definition) is 1. The van der Waals surface area contributed by atoms with E-state index in [9.17, 15) is 0 Å². The van der Waals surface area contributed by atoms with Crippen LogP contribution in [0, 0.1) is 0 Å². The Morgan fingerprint density at radius 2 is 2.20 bits per heavy atom. The molecule has 0 aliphatic heterocycles. The molecule has 0 unspecified atom stereocenters. The summed E-state index contributed by atoms with van der Waals surface area (Å²) in [7, 11) is 0. The van der Waals surface area contributed by atoms with Crippen molar-refractivity contribution in [3.05, 3.63) is 46.5 Å². The van der Waals surface area contributed by atoms with Crippen LogP contribution in [-0.4, -0.2) is 23.5 Å². The summed E-state index contributed by atoms with van der Waals surface area (Å²) < 4.78 is 1.21. The van der Waals surface area contributed by atoms with Crippen LogP contribution in [-0.2, 0) is 13.1 Å². The Kier molecular flexibility index (Phi) is 5.82. The first-order valence-corrected chi connectivity index (χ1v) is 8.25. The Morgan fingerprint density at radius 3 is 2.75 bits per heavy atom. The van der Waals surface area contributed by atoms with Gasteiger partial charge in [0.2, 0.25) is 0 Å². The van der Waals surface area contributed by atoms with Crippen LogP contribution in [0.25, 0.3) is 0 Å². The summed E-state index contributed by atoms with van der Waals surface area (Å²) in [4.78, 5) is 2.41. The van der Waals surface area contributed by atoms with E-state index in [1.807, 2.05) is 6.08 Å². The molecule has 0 amide bonds. The number of halogens is 1. The van der Waals surface area contributed by atoms with Gasteiger partial charge >= 0.3 is 0 Å². The highest BCUT2D eigenvalue weighted by Gasteiger charge is 2.20. The fraction of sp³-hybridized carbons (Fsp3) is 0.529. The van der Waals surface area contributed by atoms with Crippen LogP contribution in [0.15, 0.2) is 35.3 Å². The molecule has 1 N–H and O–H groups in total. The fourth-order valence-corrected chi connectivity index (χ4v) is 2.77. The molecule has 0 heterocycles. The molecule has 1 aliphatic rings. The van der Waals surface area contributed by atoms with Gasteiger partial charge in [-0.15, -0.1) is 6.58 Å². The predicted molar refractivity (Wildman–Crippen MR) is 89.7 cm³/mol. The van der Waals surface area contributed by atoms with Gasteiger partial charge in [-0.2, -0.15) is 0 Å². The molecule has 1 aliphatic carbocycles. The van der Waals surface area contributed by atoms with Crippen LogP contribution < -0.4 is 5.32 Å². The van der Waals surface area contributed by atoms with Crippen molar-refractivity contribution in [3.63, 3.8) is 0 Å². The molecule has 0 atom stereocenters. The van der Waals surface area contributed by atoms with E-state index in [0.29, 0.717) is 6.04 Å². The van der Waals surface area contributed by atoms with Crippen molar-refractivity contribution in [1.29, 1.82) is 0 Å². The van der Waals surface area contributed by atoms with Crippen molar-refractivity contribution in [2.24, 2.45) is 0 Å². The second-order valence-corrected chi connectivity index (χ2v) is 6.75. The number of nitrogens with zero attached hydrogens (tertiary/aromatic N) is 1. The minimum Gasteiger partial charge on any atom is -0.310 e. The van der Waals surface area contributed by atoms with Crippen LogP contribution in [0.3, 0.4) is 0 Å². The lowest BCUT2D eigenvalue weighted by Crippen LogP contribution is -2.30. The van der Waals surface area contributed by atoms with Crippen molar-refractivity contribution < 1.29 is 0 Å².